The van der Waals surface area contributed by atoms with E-state index < -0.39 is 0 Å². The molecule has 1 rings (SSSR count). The van der Waals surface area contributed by atoms with E-state index in [-0.39, 0.29) is 0 Å². The summed E-state index contributed by atoms with van der Waals surface area (Å²) in [5, 5.41) is 3.25. The van der Waals surface area contributed by atoms with Gasteiger partial charge in [0.1, 0.15) is 18.0 Å². The van der Waals surface area contributed by atoms with Crippen molar-refractivity contribution in [1.82, 2.24) is 9.97 Å². The number of anilines is 2. The lowest BCUT2D eigenvalue weighted by Crippen LogP contribution is -2.13. The van der Waals surface area contributed by atoms with Gasteiger partial charge in [-0.05, 0) is 19.8 Å². The van der Waals surface area contributed by atoms with Gasteiger partial charge in [0.05, 0.1) is 0 Å². The van der Waals surface area contributed by atoms with E-state index in [1.807, 2.05) is 6.92 Å². The smallest absolute Gasteiger partial charge is 0.148 e. The largest absolute Gasteiger partial charge is 0.381 e. The first kappa shape index (κ1) is 14.7. The van der Waals surface area contributed by atoms with Gasteiger partial charge in [0.25, 0.3) is 0 Å². The molecule has 0 aliphatic rings. The van der Waals surface area contributed by atoms with Crippen LogP contribution in [0.4, 0.5) is 11.6 Å². The standard InChI is InChI=1S/C12H23N5O/c1-3-4-7-18-8-5-6-14-11-10(2)12(17-13)16-9-15-11/h9H,3-8,13H2,1-2H3,(H2,14,15,16,17). The lowest BCUT2D eigenvalue weighted by Gasteiger charge is -2.10. The van der Waals surface area contributed by atoms with Gasteiger partial charge >= 0.3 is 0 Å². The van der Waals surface area contributed by atoms with Crippen LogP contribution in [0.3, 0.4) is 0 Å². The van der Waals surface area contributed by atoms with Crippen LogP contribution >= 0.6 is 0 Å². The summed E-state index contributed by atoms with van der Waals surface area (Å²) in [5.41, 5.74) is 3.47. The van der Waals surface area contributed by atoms with Crippen molar-refractivity contribution in [3.05, 3.63) is 11.9 Å². The molecule has 4 N–H and O–H groups in total. The number of rotatable bonds is 9. The Morgan fingerprint density at radius 3 is 2.67 bits per heavy atom. The highest BCUT2D eigenvalue weighted by Crippen LogP contribution is 2.16. The first-order chi connectivity index (χ1) is 8.79. The third-order valence-corrected chi connectivity index (χ3v) is 2.62. The molecule has 0 amide bonds. The minimum Gasteiger partial charge on any atom is -0.381 e. The number of ether oxygens (including phenoxy) is 1. The van der Waals surface area contributed by atoms with Crippen LogP contribution in [-0.4, -0.2) is 29.7 Å². The summed E-state index contributed by atoms with van der Waals surface area (Å²) >= 11 is 0. The molecule has 18 heavy (non-hydrogen) atoms. The Balaban J connectivity index is 2.23. The van der Waals surface area contributed by atoms with Crippen molar-refractivity contribution in [3.8, 4) is 0 Å². The fraction of sp³-hybridized carbons (Fsp3) is 0.667. The summed E-state index contributed by atoms with van der Waals surface area (Å²) in [5.74, 6) is 6.81. The predicted molar refractivity (Wildman–Crippen MR) is 73.4 cm³/mol. The minimum atomic E-state index is 0.645. The highest BCUT2D eigenvalue weighted by atomic mass is 16.5. The van der Waals surface area contributed by atoms with E-state index in [0.29, 0.717) is 5.82 Å². The summed E-state index contributed by atoms with van der Waals surface area (Å²) in [6, 6.07) is 0. The van der Waals surface area contributed by atoms with Crippen LogP contribution in [0.25, 0.3) is 0 Å². The Hall–Kier alpha value is -1.40. The van der Waals surface area contributed by atoms with E-state index in [1.165, 1.54) is 12.7 Å². The van der Waals surface area contributed by atoms with Gasteiger partial charge in [-0.2, -0.15) is 0 Å². The number of unbranched alkanes of at least 4 members (excludes halogenated alkanes) is 1. The molecule has 0 aliphatic heterocycles. The summed E-state index contributed by atoms with van der Waals surface area (Å²) < 4.78 is 5.48. The molecule has 0 atom stereocenters. The average molecular weight is 253 g/mol. The molecule has 1 aromatic rings. The molecule has 1 aromatic heterocycles. The fourth-order valence-corrected chi connectivity index (χ4v) is 1.50. The van der Waals surface area contributed by atoms with Crippen molar-refractivity contribution in [2.45, 2.75) is 33.1 Å². The van der Waals surface area contributed by atoms with Gasteiger partial charge in [-0.25, -0.2) is 15.8 Å². The fourth-order valence-electron chi connectivity index (χ4n) is 1.50. The molecule has 0 saturated carbocycles. The van der Waals surface area contributed by atoms with Gasteiger partial charge < -0.3 is 15.5 Å². The van der Waals surface area contributed by atoms with Crippen molar-refractivity contribution in [2.75, 3.05) is 30.5 Å². The van der Waals surface area contributed by atoms with Gasteiger partial charge in [0.15, 0.2) is 0 Å². The molecule has 6 heteroatoms. The molecule has 0 unspecified atom stereocenters. The van der Waals surface area contributed by atoms with E-state index in [2.05, 4.69) is 27.6 Å². The maximum Gasteiger partial charge on any atom is 0.148 e. The highest BCUT2D eigenvalue weighted by Gasteiger charge is 2.04. The topological polar surface area (TPSA) is 85.1 Å². The summed E-state index contributed by atoms with van der Waals surface area (Å²) in [6.45, 7) is 6.54. The SMILES string of the molecule is CCCCOCCCNc1ncnc(NN)c1C. The quantitative estimate of drug-likeness (QED) is 0.353. The second kappa shape index (κ2) is 8.66. The molecule has 0 radical (unpaired) electrons. The molecule has 0 aromatic carbocycles. The molecule has 6 nitrogen and oxygen atoms in total. The summed E-state index contributed by atoms with van der Waals surface area (Å²) in [6.07, 6.45) is 4.75. The Bertz CT molecular complexity index is 345. The number of hydrogen-bond acceptors (Lipinski definition) is 6. The summed E-state index contributed by atoms with van der Waals surface area (Å²) in [7, 11) is 0. The van der Waals surface area contributed by atoms with Gasteiger partial charge in [0.2, 0.25) is 0 Å². The van der Waals surface area contributed by atoms with Crippen LogP contribution < -0.4 is 16.6 Å². The Morgan fingerprint density at radius 2 is 1.94 bits per heavy atom. The van der Waals surface area contributed by atoms with Gasteiger partial charge in [-0.15, -0.1) is 0 Å². The monoisotopic (exact) mass is 253 g/mol. The number of nitrogens with two attached hydrogens (primary N) is 1. The zero-order valence-electron chi connectivity index (χ0n) is 11.2. The van der Waals surface area contributed by atoms with Crippen molar-refractivity contribution < 1.29 is 4.74 Å². The van der Waals surface area contributed by atoms with Gasteiger partial charge in [-0.1, -0.05) is 13.3 Å². The molecule has 0 spiro atoms. The van der Waals surface area contributed by atoms with E-state index in [1.54, 1.807) is 0 Å². The molecule has 0 aliphatic carbocycles. The van der Waals surface area contributed by atoms with Crippen molar-refractivity contribution >= 4 is 11.6 Å². The first-order valence-electron chi connectivity index (χ1n) is 6.39. The molecular weight excluding hydrogens is 230 g/mol. The Labute approximate surface area is 108 Å². The van der Waals surface area contributed by atoms with Crippen molar-refractivity contribution in [3.63, 3.8) is 0 Å². The number of hydrogen-bond donors (Lipinski definition) is 3. The predicted octanol–water partition coefficient (Wildman–Crippen LogP) is 1.69. The number of nitrogens with one attached hydrogen (secondary N) is 2. The molecular formula is C12H23N5O. The van der Waals surface area contributed by atoms with Crippen LogP contribution in [-0.2, 0) is 4.74 Å². The lowest BCUT2D eigenvalue weighted by molar-refractivity contribution is 0.131. The zero-order chi connectivity index (χ0) is 13.2. The third kappa shape index (κ3) is 4.85. The molecule has 0 fully saturated rings. The second-order valence-corrected chi connectivity index (χ2v) is 4.09. The normalized spacial score (nSPS) is 10.4. The first-order valence-corrected chi connectivity index (χ1v) is 6.39. The van der Waals surface area contributed by atoms with Crippen molar-refractivity contribution in [1.29, 1.82) is 0 Å². The lowest BCUT2D eigenvalue weighted by atomic mass is 10.3. The Morgan fingerprint density at radius 1 is 1.22 bits per heavy atom. The van der Waals surface area contributed by atoms with E-state index >= 15 is 0 Å². The molecule has 0 saturated heterocycles. The minimum absolute atomic E-state index is 0.645. The number of hydrazine groups is 1. The van der Waals surface area contributed by atoms with Crippen LogP contribution in [0.5, 0.6) is 0 Å². The maximum absolute atomic E-state index is 5.48. The number of aromatic nitrogens is 2. The molecule has 102 valence electrons. The van der Waals surface area contributed by atoms with Gasteiger partial charge in [0, 0.05) is 25.3 Å². The number of nitrogen functional groups attached to an aromatic ring is 1. The number of nitrogens with zero attached hydrogens (tertiary/aromatic N) is 2. The maximum atomic E-state index is 5.48. The van der Waals surface area contributed by atoms with Crippen molar-refractivity contribution in [2.24, 2.45) is 5.84 Å². The van der Waals surface area contributed by atoms with Crippen LogP contribution in [0.15, 0.2) is 6.33 Å². The average Bonchev–Trinajstić information content (AvgIpc) is 2.39. The van der Waals surface area contributed by atoms with Crippen LogP contribution in [0, 0.1) is 6.92 Å². The molecule has 1 heterocycles. The van der Waals surface area contributed by atoms with Gasteiger partial charge in [-0.3, -0.25) is 0 Å². The highest BCUT2D eigenvalue weighted by molar-refractivity contribution is 5.55. The van der Waals surface area contributed by atoms with Crippen LogP contribution in [0.2, 0.25) is 0 Å². The second-order valence-electron chi connectivity index (χ2n) is 4.09. The van der Waals surface area contributed by atoms with Crippen LogP contribution in [0.1, 0.15) is 31.7 Å². The zero-order valence-corrected chi connectivity index (χ0v) is 11.2. The third-order valence-electron chi connectivity index (χ3n) is 2.62. The molecule has 0 bridgehead atoms. The van der Waals surface area contributed by atoms with E-state index in [9.17, 15) is 0 Å². The summed E-state index contributed by atoms with van der Waals surface area (Å²) in [4.78, 5) is 8.20. The van der Waals surface area contributed by atoms with E-state index in [4.69, 9.17) is 10.6 Å². The van der Waals surface area contributed by atoms with E-state index in [0.717, 1.165) is 44.0 Å². The Kier molecular flexibility index (Phi) is 7.05.